The molecule has 4 aromatic rings. The molecule has 0 fully saturated rings. The number of aryl methyl sites for hydroxylation is 1. The van der Waals surface area contributed by atoms with Gasteiger partial charge in [-0.25, -0.2) is 4.98 Å². The number of nitrogens with one attached hydrogen (secondary N) is 2. The van der Waals surface area contributed by atoms with Crippen LogP contribution in [0.15, 0.2) is 64.7 Å². The van der Waals surface area contributed by atoms with Crippen LogP contribution in [0.5, 0.6) is 0 Å². The zero-order chi connectivity index (χ0) is 20.1. The fraction of sp³-hybridized carbons (Fsp3) is 0.143. The van der Waals surface area contributed by atoms with Gasteiger partial charge < -0.3 is 5.32 Å². The molecule has 0 spiro atoms. The average Bonchev–Trinajstić information content (AvgIpc) is 3.42. The number of nitrogens with zero attached hydrogens (tertiary/aromatic N) is 3. The number of hydrogen-bond donors (Lipinski definition) is 2. The minimum absolute atomic E-state index is 0.155. The predicted octanol–water partition coefficient (Wildman–Crippen LogP) is 4.72. The number of halogens is 1. The highest BCUT2D eigenvalue weighted by Gasteiger charge is 2.11. The molecule has 8 heteroatoms. The average molecular weight is 468 g/mol. The normalized spacial score (nSPS) is 10.8. The van der Waals surface area contributed by atoms with Gasteiger partial charge in [0.1, 0.15) is 5.69 Å². The molecule has 0 atom stereocenters. The third-order valence-electron chi connectivity index (χ3n) is 4.34. The Hall–Kier alpha value is -2.84. The molecule has 3 aromatic heterocycles. The molecule has 0 aliphatic rings. The molecule has 0 aliphatic heterocycles. The summed E-state index contributed by atoms with van der Waals surface area (Å²) < 4.78 is 1.00. The molecule has 0 saturated carbocycles. The molecule has 2 N–H and O–H groups in total. The number of carbonyl (C=O) groups is 1. The van der Waals surface area contributed by atoms with Crippen LogP contribution < -0.4 is 5.32 Å². The van der Waals surface area contributed by atoms with E-state index in [0.29, 0.717) is 12.2 Å². The summed E-state index contributed by atoms with van der Waals surface area (Å²) in [5.41, 5.74) is 4.19. The molecule has 146 valence electrons. The standard InChI is InChI=1S/C21H18BrN5OS/c22-16-5-3-14(4-6-16)17-12-18(27-26-17)21(28)24-9-1-2-20-25-19(13-29-20)15-7-10-23-11-8-15/h3-8,10-13H,1-2,9H2,(H,24,28)(H,26,27). The van der Waals surface area contributed by atoms with Crippen molar-refractivity contribution in [1.29, 1.82) is 0 Å². The minimum atomic E-state index is -0.155. The summed E-state index contributed by atoms with van der Waals surface area (Å²) in [6.07, 6.45) is 5.18. The highest BCUT2D eigenvalue weighted by molar-refractivity contribution is 9.10. The third kappa shape index (κ3) is 4.96. The molecule has 0 aliphatic carbocycles. The van der Waals surface area contributed by atoms with Crippen molar-refractivity contribution in [2.45, 2.75) is 12.8 Å². The van der Waals surface area contributed by atoms with E-state index in [0.717, 1.165) is 44.8 Å². The second-order valence-corrected chi connectivity index (χ2v) is 8.25. The Morgan fingerprint density at radius 2 is 1.83 bits per heavy atom. The molecule has 3 heterocycles. The maximum absolute atomic E-state index is 12.3. The summed E-state index contributed by atoms with van der Waals surface area (Å²) >= 11 is 5.05. The summed E-state index contributed by atoms with van der Waals surface area (Å²) in [5.74, 6) is -0.155. The van der Waals surface area contributed by atoms with E-state index in [1.165, 1.54) is 0 Å². The molecule has 6 nitrogen and oxygen atoms in total. The van der Waals surface area contributed by atoms with Crippen molar-refractivity contribution in [1.82, 2.24) is 25.5 Å². The van der Waals surface area contributed by atoms with Gasteiger partial charge in [-0.1, -0.05) is 28.1 Å². The smallest absolute Gasteiger partial charge is 0.269 e. The molecule has 29 heavy (non-hydrogen) atoms. The van der Waals surface area contributed by atoms with Crippen molar-refractivity contribution in [3.8, 4) is 22.5 Å². The number of aromatic amines is 1. The van der Waals surface area contributed by atoms with Gasteiger partial charge in [0.2, 0.25) is 0 Å². The number of H-pyrrole nitrogens is 1. The Bertz CT molecular complexity index is 1090. The minimum Gasteiger partial charge on any atom is -0.351 e. The van der Waals surface area contributed by atoms with Crippen LogP contribution in [0.2, 0.25) is 0 Å². The van der Waals surface area contributed by atoms with Crippen molar-refractivity contribution < 1.29 is 4.79 Å². The van der Waals surface area contributed by atoms with Crippen LogP contribution in [0.25, 0.3) is 22.5 Å². The zero-order valence-electron chi connectivity index (χ0n) is 15.4. The van der Waals surface area contributed by atoms with E-state index in [1.807, 2.05) is 36.4 Å². The molecule has 0 unspecified atom stereocenters. The van der Waals surface area contributed by atoms with Gasteiger partial charge in [-0.15, -0.1) is 11.3 Å². The van der Waals surface area contributed by atoms with Gasteiger partial charge in [-0.2, -0.15) is 5.10 Å². The van der Waals surface area contributed by atoms with E-state index < -0.39 is 0 Å². The second kappa shape index (κ2) is 9.11. The Kier molecular flexibility index (Phi) is 6.12. The number of hydrogen-bond acceptors (Lipinski definition) is 5. The first-order valence-corrected chi connectivity index (χ1v) is 10.8. The van der Waals surface area contributed by atoms with E-state index in [-0.39, 0.29) is 5.91 Å². The lowest BCUT2D eigenvalue weighted by Gasteiger charge is -2.02. The summed E-state index contributed by atoms with van der Waals surface area (Å²) in [6, 6.07) is 13.5. The molecular formula is C21H18BrN5OS. The molecular weight excluding hydrogens is 450 g/mol. The van der Waals surface area contributed by atoms with E-state index in [1.54, 1.807) is 29.8 Å². The lowest BCUT2D eigenvalue weighted by molar-refractivity contribution is 0.0948. The van der Waals surface area contributed by atoms with Gasteiger partial charge in [0.15, 0.2) is 0 Å². The van der Waals surface area contributed by atoms with Crippen LogP contribution in [0.4, 0.5) is 0 Å². The maximum atomic E-state index is 12.3. The second-order valence-electron chi connectivity index (χ2n) is 6.40. The first kappa shape index (κ1) is 19.5. The SMILES string of the molecule is O=C(NCCCc1nc(-c2ccncc2)cs1)c1cc(-c2ccc(Br)cc2)n[nH]1. The lowest BCUT2D eigenvalue weighted by Crippen LogP contribution is -2.25. The van der Waals surface area contributed by atoms with E-state index in [9.17, 15) is 4.79 Å². The van der Waals surface area contributed by atoms with Crippen LogP contribution in [0.3, 0.4) is 0 Å². The van der Waals surface area contributed by atoms with Crippen molar-refractivity contribution in [3.05, 3.63) is 75.4 Å². The van der Waals surface area contributed by atoms with Crippen LogP contribution in [-0.4, -0.2) is 32.6 Å². The largest absolute Gasteiger partial charge is 0.351 e. The summed E-state index contributed by atoms with van der Waals surface area (Å²) in [6.45, 7) is 0.579. The molecule has 4 rings (SSSR count). The van der Waals surface area contributed by atoms with Crippen LogP contribution >= 0.6 is 27.3 Å². The number of pyridine rings is 1. The highest BCUT2D eigenvalue weighted by Crippen LogP contribution is 2.22. The molecule has 0 bridgehead atoms. The Labute approximate surface area is 180 Å². The Balaban J connectivity index is 1.26. The van der Waals surface area contributed by atoms with Crippen molar-refractivity contribution >= 4 is 33.2 Å². The van der Waals surface area contributed by atoms with Crippen LogP contribution in [0, 0.1) is 0 Å². The number of benzene rings is 1. The van der Waals surface area contributed by atoms with Gasteiger partial charge in [-0.05, 0) is 36.8 Å². The summed E-state index contributed by atoms with van der Waals surface area (Å²) in [7, 11) is 0. The number of rotatable bonds is 7. The van der Waals surface area contributed by atoms with E-state index >= 15 is 0 Å². The summed E-state index contributed by atoms with van der Waals surface area (Å²) in [5, 5.41) is 13.1. The van der Waals surface area contributed by atoms with Crippen LogP contribution in [-0.2, 0) is 6.42 Å². The number of aromatic nitrogens is 4. The van der Waals surface area contributed by atoms with Gasteiger partial charge in [0, 0.05) is 46.3 Å². The van der Waals surface area contributed by atoms with Crippen molar-refractivity contribution in [2.75, 3.05) is 6.54 Å². The number of thiazole rings is 1. The lowest BCUT2D eigenvalue weighted by atomic mass is 10.1. The highest BCUT2D eigenvalue weighted by atomic mass is 79.9. The van der Waals surface area contributed by atoms with Crippen molar-refractivity contribution in [3.63, 3.8) is 0 Å². The topological polar surface area (TPSA) is 83.6 Å². The third-order valence-corrected chi connectivity index (χ3v) is 5.78. The Morgan fingerprint density at radius 1 is 1.07 bits per heavy atom. The first-order chi connectivity index (χ1) is 14.2. The van der Waals surface area contributed by atoms with Crippen molar-refractivity contribution in [2.24, 2.45) is 0 Å². The quantitative estimate of drug-likeness (QED) is 0.385. The first-order valence-electron chi connectivity index (χ1n) is 9.13. The van der Waals surface area contributed by atoms with Gasteiger partial charge >= 0.3 is 0 Å². The van der Waals surface area contributed by atoms with Gasteiger partial charge in [-0.3, -0.25) is 14.9 Å². The zero-order valence-corrected chi connectivity index (χ0v) is 17.8. The molecule has 1 aromatic carbocycles. The molecule has 0 saturated heterocycles. The molecule has 1 amide bonds. The number of carbonyl (C=O) groups excluding carboxylic acids is 1. The summed E-state index contributed by atoms with van der Waals surface area (Å²) in [4.78, 5) is 21.0. The number of amides is 1. The van der Waals surface area contributed by atoms with Gasteiger partial charge in [0.05, 0.1) is 16.4 Å². The van der Waals surface area contributed by atoms with Gasteiger partial charge in [0.25, 0.3) is 5.91 Å². The predicted molar refractivity (Wildman–Crippen MR) is 118 cm³/mol. The Morgan fingerprint density at radius 3 is 2.62 bits per heavy atom. The van der Waals surface area contributed by atoms with E-state index in [4.69, 9.17) is 0 Å². The fourth-order valence-electron chi connectivity index (χ4n) is 2.82. The molecule has 0 radical (unpaired) electrons. The van der Waals surface area contributed by atoms with E-state index in [2.05, 4.69) is 46.8 Å². The monoisotopic (exact) mass is 467 g/mol. The maximum Gasteiger partial charge on any atom is 0.269 e. The van der Waals surface area contributed by atoms with Crippen LogP contribution in [0.1, 0.15) is 21.9 Å². The fourth-order valence-corrected chi connectivity index (χ4v) is 3.94.